The van der Waals surface area contributed by atoms with Gasteiger partial charge in [-0.25, -0.2) is 5.01 Å². The van der Waals surface area contributed by atoms with E-state index in [2.05, 4.69) is 0 Å². The maximum atomic E-state index is 9.12. The van der Waals surface area contributed by atoms with Gasteiger partial charge in [0.25, 0.3) is 0 Å². The van der Waals surface area contributed by atoms with Crippen molar-refractivity contribution in [2.24, 2.45) is 5.84 Å². The molecule has 4 nitrogen and oxygen atoms in total. The van der Waals surface area contributed by atoms with Gasteiger partial charge in [-0.15, -0.1) is 0 Å². The first kappa shape index (κ1) is 7.94. The number of hydrogen-bond donors (Lipinski definition) is 2. The average Bonchev–Trinajstić information content (AvgIpc) is 2.13. The summed E-state index contributed by atoms with van der Waals surface area (Å²) in [4.78, 5) is 0. The molecule has 1 saturated heterocycles. The van der Waals surface area contributed by atoms with Crippen molar-refractivity contribution in [3.05, 3.63) is 0 Å². The number of nitrogens with zero attached hydrogens (tertiary/aromatic N) is 1. The molecular weight excluding hydrogens is 132 g/mol. The summed E-state index contributed by atoms with van der Waals surface area (Å²) in [5, 5.41) is 10.8. The predicted octanol–water partition coefficient (Wildman–Crippen LogP) is -1.06. The Kier molecular flexibility index (Phi) is 2.62. The summed E-state index contributed by atoms with van der Waals surface area (Å²) in [7, 11) is 1.64. The first-order valence-electron chi connectivity index (χ1n) is 3.42. The molecule has 1 rings (SSSR count). The highest BCUT2D eigenvalue weighted by Gasteiger charge is 2.28. The monoisotopic (exact) mass is 146 g/mol. The van der Waals surface area contributed by atoms with E-state index in [0.717, 1.165) is 6.42 Å². The fourth-order valence-corrected chi connectivity index (χ4v) is 1.27. The highest BCUT2D eigenvalue weighted by atomic mass is 16.5. The zero-order valence-electron chi connectivity index (χ0n) is 6.16. The van der Waals surface area contributed by atoms with Gasteiger partial charge in [-0.05, 0) is 6.42 Å². The summed E-state index contributed by atoms with van der Waals surface area (Å²) in [6.07, 6.45) is 0.454. The van der Waals surface area contributed by atoms with Crippen molar-refractivity contribution in [1.82, 2.24) is 5.01 Å². The number of rotatable bonds is 2. The van der Waals surface area contributed by atoms with Crippen molar-refractivity contribution in [2.75, 3.05) is 20.3 Å². The Morgan fingerprint density at radius 1 is 1.80 bits per heavy atom. The van der Waals surface area contributed by atoms with E-state index in [0.29, 0.717) is 13.2 Å². The molecule has 0 aromatic carbocycles. The van der Waals surface area contributed by atoms with Gasteiger partial charge in [-0.2, -0.15) is 0 Å². The molecule has 1 aliphatic rings. The minimum atomic E-state index is -0.273. The molecule has 0 aliphatic carbocycles. The lowest BCUT2D eigenvalue weighted by Gasteiger charge is -2.16. The van der Waals surface area contributed by atoms with E-state index in [1.54, 1.807) is 12.1 Å². The lowest BCUT2D eigenvalue weighted by molar-refractivity contribution is 0.116. The van der Waals surface area contributed by atoms with Gasteiger partial charge < -0.3 is 9.84 Å². The van der Waals surface area contributed by atoms with Crippen molar-refractivity contribution in [3.8, 4) is 0 Å². The lowest BCUT2D eigenvalue weighted by Crippen LogP contribution is -2.38. The van der Waals surface area contributed by atoms with Gasteiger partial charge in [0.2, 0.25) is 0 Å². The van der Waals surface area contributed by atoms with E-state index in [9.17, 15) is 0 Å². The Morgan fingerprint density at radius 3 is 2.90 bits per heavy atom. The van der Waals surface area contributed by atoms with Crippen LogP contribution < -0.4 is 5.84 Å². The maximum Gasteiger partial charge on any atom is 0.0697 e. The van der Waals surface area contributed by atoms with Crippen LogP contribution in [0.15, 0.2) is 0 Å². The van der Waals surface area contributed by atoms with Crippen molar-refractivity contribution >= 4 is 0 Å². The number of hydrazine groups is 1. The van der Waals surface area contributed by atoms with E-state index in [1.807, 2.05) is 0 Å². The first-order valence-corrected chi connectivity index (χ1v) is 3.42. The van der Waals surface area contributed by atoms with Gasteiger partial charge in [-0.1, -0.05) is 0 Å². The normalized spacial score (nSPS) is 35.1. The van der Waals surface area contributed by atoms with Crippen LogP contribution in [-0.2, 0) is 4.74 Å². The number of β-amino-alcohol motifs (C(OH)–C–C–N with tert-alkyl or cyclic N) is 1. The lowest BCUT2D eigenvalue weighted by atomic mass is 10.2. The van der Waals surface area contributed by atoms with Crippen molar-refractivity contribution < 1.29 is 9.84 Å². The van der Waals surface area contributed by atoms with Gasteiger partial charge in [-0.3, -0.25) is 5.84 Å². The number of ether oxygens (including phenoxy) is 1. The van der Waals surface area contributed by atoms with Gasteiger partial charge in [0.1, 0.15) is 0 Å². The molecule has 0 aromatic heterocycles. The van der Waals surface area contributed by atoms with Crippen molar-refractivity contribution in [2.45, 2.75) is 18.6 Å². The average molecular weight is 146 g/mol. The smallest absolute Gasteiger partial charge is 0.0697 e. The third-order valence-electron chi connectivity index (χ3n) is 1.79. The Hall–Kier alpha value is -0.160. The summed E-state index contributed by atoms with van der Waals surface area (Å²) in [5.74, 6) is 5.55. The zero-order chi connectivity index (χ0) is 7.56. The predicted molar refractivity (Wildman–Crippen MR) is 37.2 cm³/mol. The second-order valence-corrected chi connectivity index (χ2v) is 2.70. The summed E-state index contributed by atoms with van der Waals surface area (Å²) in [5.41, 5.74) is 0. The summed E-state index contributed by atoms with van der Waals surface area (Å²) in [6, 6.07) is 0.194. The fourth-order valence-electron chi connectivity index (χ4n) is 1.27. The standard InChI is InChI=1S/C6H14N2O2/c1-10-4-5-2-6(9)3-8(5)7/h5-6,9H,2-4,7H2,1H3/t5-,6+/m0/s1. The van der Waals surface area contributed by atoms with Crippen molar-refractivity contribution in [3.63, 3.8) is 0 Å². The number of nitrogens with two attached hydrogens (primary N) is 1. The molecular formula is C6H14N2O2. The minimum absolute atomic E-state index is 0.194. The molecule has 10 heavy (non-hydrogen) atoms. The molecule has 2 atom stereocenters. The van der Waals surface area contributed by atoms with Crippen LogP contribution in [-0.4, -0.2) is 42.5 Å². The Balaban J connectivity index is 2.31. The van der Waals surface area contributed by atoms with Crippen LogP contribution in [0, 0.1) is 0 Å². The van der Waals surface area contributed by atoms with Crippen LogP contribution >= 0.6 is 0 Å². The first-order chi connectivity index (χ1) is 4.74. The van der Waals surface area contributed by atoms with E-state index >= 15 is 0 Å². The number of aliphatic hydroxyl groups excluding tert-OH is 1. The molecule has 1 heterocycles. The third-order valence-corrected chi connectivity index (χ3v) is 1.79. The van der Waals surface area contributed by atoms with Gasteiger partial charge in [0, 0.05) is 13.7 Å². The minimum Gasteiger partial charge on any atom is -0.392 e. The molecule has 1 fully saturated rings. The largest absolute Gasteiger partial charge is 0.392 e. The third kappa shape index (κ3) is 1.67. The Bertz CT molecular complexity index is 110. The molecule has 0 radical (unpaired) electrons. The SMILES string of the molecule is COC[C@@H]1C[C@@H](O)CN1N. The van der Waals surface area contributed by atoms with Crippen LogP contribution in [0.4, 0.5) is 0 Å². The van der Waals surface area contributed by atoms with E-state index in [4.69, 9.17) is 15.7 Å². The van der Waals surface area contributed by atoms with Crippen LogP contribution in [0.1, 0.15) is 6.42 Å². The van der Waals surface area contributed by atoms with E-state index in [-0.39, 0.29) is 12.1 Å². The number of aliphatic hydroxyl groups is 1. The molecule has 0 spiro atoms. The molecule has 0 amide bonds. The summed E-state index contributed by atoms with van der Waals surface area (Å²) >= 11 is 0. The number of methoxy groups -OCH3 is 1. The zero-order valence-corrected chi connectivity index (χ0v) is 6.16. The molecule has 0 unspecified atom stereocenters. The van der Waals surface area contributed by atoms with Crippen LogP contribution in [0.25, 0.3) is 0 Å². The quantitative estimate of drug-likeness (QED) is 0.488. The summed E-state index contributed by atoms with van der Waals surface area (Å²) < 4.78 is 4.91. The fraction of sp³-hybridized carbons (Fsp3) is 1.00. The molecule has 60 valence electrons. The summed E-state index contributed by atoms with van der Waals surface area (Å²) in [6.45, 7) is 1.17. The maximum absolute atomic E-state index is 9.12. The van der Waals surface area contributed by atoms with Crippen LogP contribution in [0.3, 0.4) is 0 Å². The second-order valence-electron chi connectivity index (χ2n) is 2.70. The molecule has 0 bridgehead atoms. The molecule has 0 aromatic rings. The topological polar surface area (TPSA) is 58.7 Å². The highest BCUT2D eigenvalue weighted by Crippen LogP contribution is 2.13. The van der Waals surface area contributed by atoms with Crippen LogP contribution in [0.2, 0.25) is 0 Å². The van der Waals surface area contributed by atoms with E-state index < -0.39 is 0 Å². The highest BCUT2D eigenvalue weighted by molar-refractivity contribution is 4.80. The van der Waals surface area contributed by atoms with Gasteiger partial charge in [0.15, 0.2) is 0 Å². The van der Waals surface area contributed by atoms with E-state index in [1.165, 1.54) is 0 Å². The molecule has 3 N–H and O–H groups in total. The second kappa shape index (κ2) is 3.30. The number of hydrogen-bond acceptors (Lipinski definition) is 4. The van der Waals surface area contributed by atoms with Crippen molar-refractivity contribution in [1.29, 1.82) is 0 Å². The molecule has 0 saturated carbocycles. The van der Waals surface area contributed by atoms with Crippen LogP contribution in [0.5, 0.6) is 0 Å². The van der Waals surface area contributed by atoms with Gasteiger partial charge in [0.05, 0.1) is 18.8 Å². The Morgan fingerprint density at radius 2 is 2.50 bits per heavy atom. The molecule has 4 heteroatoms. The van der Waals surface area contributed by atoms with Gasteiger partial charge >= 0.3 is 0 Å². The molecule has 1 aliphatic heterocycles. The Labute approximate surface area is 60.5 Å².